The molecular weight excluding hydrogens is 442 g/mol. The number of aromatic nitrogens is 4. The number of hydrogen-bond donors (Lipinski definition) is 2. The molecule has 0 bridgehead atoms. The Morgan fingerprint density at radius 1 is 1.14 bits per heavy atom. The van der Waals surface area contributed by atoms with Crippen molar-refractivity contribution in [2.75, 3.05) is 19.5 Å². The fraction of sp³-hybridized carbons (Fsp3) is 0.333. The summed E-state index contributed by atoms with van der Waals surface area (Å²) in [4.78, 5) is 22.2. The van der Waals surface area contributed by atoms with Crippen LogP contribution in [0.15, 0.2) is 54.9 Å². The van der Waals surface area contributed by atoms with E-state index in [-0.39, 0.29) is 18.3 Å². The quantitative estimate of drug-likeness (QED) is 0.403. The van der Waals surface area contributed by atoms with Gasteiger partial charge in [0.15, 0.2) is 11.4 Å². The minimum Gasteiger partial charge on any atom is -0.393 e. The van der Waals surface area contributed by atoms with E-state index < -0.39 is 5.60 Å². The van der Waals surface area contributed by atoms with E-state index in [2.05, 4.69) is 10.1 Å². The van der Waals surface area contributed by atoms with Gasteiger partial charge in [0, 0.05) is 35.9 Å². The normalized spacial score (nSPS) is 20.3. The average molecular weight is 472 g/mol. The third kappa shape index (κ3) is 4.09. The van der Waals surface area contributed by atoms with Crippen LogP contribution in [0, 0.1) is 0 Å². The molecule has 0 saturated heterocycles. The lowest BCUT2D eigenvalue weighted by Gasteiger charge is -2.37. The van der Waals surface area contributed by atoms with E-state index in [0.717, 1.165) is 35.2 Å². The highest BCUT2D eigenvalue weighted by molar-refractivity contribution is 6.00. The van der Waals surface area contributed by atoms with Crippen molar-refractivity contribution in [1.82, 2.24) is 19.6 Å². The lowest BCUT2D eigenvalue weighted by Crippen LogP contribution is -2.39. The Hall–Kier alpha value is -3.62. The zero-order valence-electron chi connectivity index (χ0n) is 19.9. The van der Waals surface area contributed by atoms with Crippen LogP contribution < -0.4 is 5.73 Å². The summed E-state index contributed by atoms with van der Waals surface area (Å²) in [6.07, 6.45) is 6.39. The van der Waals surface area contributed by atoms with Crippen molar-refractivity contribution in [3.63, 3.8) is 0 Å². The van der Waals surface area contributed by atoms with Gasteiger partial charge in [-0.25, -0.2) is 4.98 Å². The largest absolute Gasteiger partial charge is 0.393 e. The zero-order valence-corrected chi connectivity index (χ0v) is 19.9. The van der Waals surface area contributed by atoms with Crippen LogP contribution in [-0.2, 0) is 4.74 Å². The number of nitrogens with two attached hydrogens (primary N) is 1. The molecule has 3 heterocycles. The lowest BCUT2D eigenvalue weighted by atomic mass is 9.76. The maximum Gasteiger partial charge on any atom is 0.165 e. The van der Waals surface area contributed by atoms with Gasteiger partial charge in [0.05, 0.1) is 35.4 Å². The number of hydrogen-bond acceptors (Lipinski definition) is 7. The van der Waals surface area contributed by atoms with Crippen molar-refractivity contribution in [2.24, 2.45) is 0 Å². The van der Waals surface area contributed by atoms with Crippen molar-refractivity contribution < 1.29 is 14.6 Å². The number of aliphatic hydroxyl groups excluding tert-OH is 1. The van der Waals surface area contributed by atoms with E-state index in [1.165, 1.54) is 11.4 Å². The first-order valence-corrected chi connectivity index (χ1v) is 11.8. The van der Waals surface area contributed by atoms with E-state index >= 15 is 0 Å². The zero-order chi connectivity index (χ0) is 24.6. The molecule has 1 aliphatic carbocycles. The molecule has 1 fully saturated rings. The van der Waals surface area contributed by atoms with E-state index in [9.17, 15) is 9.90 Å². The number of Topliss-reactive ketones (excluding diaryl/α,β-unsaturated/α-hetero) is 1. The van der Waals surface area contributed by atoms with Gasteiger partial charge in [-0.3, -0.25) is 9.78 Å². The number of benzene rings is 1. The molecule has 8 nitrogen and oxygen atoms in total. The predicted molar refractivity (Wildman–Crippen MR) is 134 cm³/mol. The van der Waals surface area contributed by atoms with E-state index in [1.807, 2.05) is 48.7 Å². The first kappa shape index (κ1) is 23.1. The Kier molecular flexibility index (Phi) is 6.08. The van der Waals surface area contributed by atoms with Gasteiger partial charge in [0.1, 0.15) is 5.82 Å². The molecule has 4 aromatic rings. The Morgan fingerprint density at radius 3 is 2.49 bits per heavy atom. The smallest absolute Gasteiger partial charge is 0.165 e. The number of carbonyl (C=O) groups is 1. The van der Waals surface area contributed by atoms with Crippen LogP contribution in [0.5, 0.6) is 0 Å². The number of nitrogens with zero attached hydrogens (tertiary/aromatic N) is 4. The van der Waals surface area contributed by atoms with Crippen LogP contribution in [0.4, 0.5) is 5.82 Å². The summed E-state index contributed by atoms with van der Waals surface area (Å²) < 4.78 is 7.15. The Morgan fingerprint density at radius 2 is 1.89 bits per heavy atom. The van der Waals surface area contributed by atoms with Gasteiger partial charge >= 0.3 is 0 Å². The summed E-state index contributed by atoms with van der Waals surface area (Å²) in [5.41, 5.74) is 11.3. The van der Waals surface area contributed by atoms with Crippen molar-refractivity contribution in [2.45, 2.75) is 44.1 Å². The summed E-state index contributed by atoms with van der Waals surface area (Å²) in [5, 5.41) is 14.3. The summed E-state index contributed by atoms with van der Waals surface area (Å²) in [6, 6.07) is 14.0. The molecule has 1 saturated carbocycles. The van der Waals surface area contributed by atoms with Crippen molar-refractivity contribution in [1.29, 1.82) is 0 Å². The number of aliphatic hydroxyl groups is 1. The van der Waals surface area contributed by atoms with Crippen LogP contribution in [0.25, 0.3) is 28.0 Å². The van der Waals surface area contributed by atoms with E-state index in [4.69, 9.17) is 15.5 Å². The summed E-state index contributed by atoms with van der Waals surface area (Å²) in [7, 11) is 1.63. The highest BCUT2D eigenvalue weighted by Crippen LogP contribution is 2.41. The number of methoxy groups -OCH3 is 1. The minimum absolute atomic E-state index is 0.0247. The molecule has 180 valence electrons. The maximum atomic E-state index is 12.6. The van der Waals surface area contributed by atoms with Gasteiger partial charge in [-0.15, -0.1) is 0 Å². The van der Waals surface area contributed by atoms with Gasteiger partial charge < -0.3 is 15.6 Å². The van der Waals surface area contributed by atoms with Crippen LogP contribution in [0.3, 0.4) is 0 Å². The number of carbonyl (C=O) groups excluding carboxylic acids is 1. The molecule has 1 aromatic carbocycles. The van der Waals surface area contributed by atoms with Gasteiger partial charge in [0.2, 0.25) is 0 Å². The van der Waals surface area contributed by atoms with Crippen LogP contribution in [-0.4, -0.2) is 49.8 Å². The number of rotatable bonds is 6. The van der Waals surface area contributed by atoms with Gasteiger partial charge in [-0.1, -0.05) is 36.4 Å². The Balaban J connectivity index is 1.56. The topological polar surface area (TPSA) is 116 Å². The van der Waals surface area contributed by atoms with Gasteiger partial charge in [0.25, 0.3) is 0 Å². The number of nitrogen functional groups attached to an aromatic ring is 1. The number of fused-ring (bicyclic) bond motifs is 1. The molecular formula is C27H29N5O3. The molecule has 0 aliphatic heterocycles. The van der Waals surface area contributed by atoms with E-state index in [0.29, 0.717) is 35.6 Å². The monoisotopic (exact) mass is 471 g/mol. The fourth-order valence-electron chi connectivity index (χ4n) is 5.07. The number of pyridine rings is 1. The maximum absolute atomic E-state index is 12.6. The van der Waals surface area contributed by atoms with Crippen LogP contribution in [0.1, 0.15) is 54.6 Å². The summed E-state index contributed by atoms with van der Waals surface area (Å²) in [6.45, 7) is 1.48. The molecule has 3 N–H and O–H groups in total. The third-order valence-corrected chi connectivity index (χ3v) is 7.21. The first-order valence-electron chi connectivity index (χ1n) is 11.8. The second-order valence-electron chi connectivity index (χ2n) is 9.22. The van der Waals surface area contributed by atoms with Gasteiger partial charge in [-0.2, -0.15) is 9.61 Å². The summed E-state index contributed by atoms with van der Waals surface area (Å²) >= 11 is 0. The fourth-order valence-corrected chi connectivity index (χ4v) is 5.07. The second kappa shape index (κ2) is 9.20. The van der Waals surface area contributed by atoms with Crippen LogP contribution >= 0.6 is 0 Å². The molecule has 1 aliphatic rings. The highest BCUT2D eigenvalue weighted by atomic mass is 16.5. The molecule has 8 heteroatoms. The molecule has 3 aromatic heterocycles. The van der Waals surface area contributed by atoms with Crippen LogP contribution in [0.2, 0.25) is 0 Å². The standard InChI is InChI=1S/C27H29N5O3/c1-17(34)23-24(19-10-12-27(16-33,35-2)13-11-19)31-26-21(15-30-32(26)25(23)28)20-8-9-22(29-14-20)18-6-4-3-5-7-18/h3-9,14-15,19,33H,10-13,16,28H2,1-2H3/t19-,27-. The van der Waals surface area contributed by atoms with E-state index in [1.54, 1.807) is 13.3 Å². The molecule has 5 rings (SSSR count). The molecule has 0 radical (unpaired) electrons. The SMILES string of the molecule is CO[C@]1(CO)CC[C@@H](c2nc3c(-c4ccc(-c5ccccc5)nc4)cnn3c(N)c2C(C)=O)CC1. The molecule has 0 unspecified atom stereocenters. The molecule has 0 amide bonds. The molecule has 0 atom stereocenters. The predicted octanol–water partition coefficient (Wildman–Crippen LogP) is 4.28. The van der Waals surface area contributed by atoms with Crippen molar-refractivity contribution in [3.05, 3.63) is 66.1 Å². The number of anilines is 1. The average Bonchev–Trinajstić information content (AvgIpc) is 3.33. The van der Waals surface area contributed by atoms with Crippen molar-refractivity contribution in [3.8, 4) is 22.4 Å². The highest BCUT2D eigenvalue weighted by Gasteiger charge is 2.37. The number of ether oxygens (including phenoxy) is 1. The summed E-state index contributed by atoms with van der Waals surface area (Å²) in [5.74, 6) is 0.198. The first-order chi connectivity index (χ1) is 17.0. The second-order valence-corrected chi connectivity index (χ2v) is 9.22. The Bertz CT molecular complexity index is 1350. The molecule has 0 spiro atoms. The Labute approximate surface area is 203 Å². The minimum atomic E-state index is -0.531. The lowest BCUT2D eigenvalue weighted by molar-refractivity contribution is -0.0785. The number of ketones is 1. The molecule has 35 heavy (non-hydrogen) atoms. The third-order valence-electron chi connectivity index (χ3n) is 7.21. The van der Waals surface area contributed by atoms with Gasteiger partial charge in [-0.05, 0) is 38.7 Å². The van der Waals surface area contributed by atoms with Crippen molar-refractivity contribution >= 4 is 17.2 Å².